The van der Waals surface area contributed by atoms with Crippen LogP contribution < -0.4 is 0 Å². The van der Waals surface area contributed by atoms with Crippen molar-refractivity contribution < 1.29 is 13.2 Å². The molecule has 1 aliphatic carbocycles. The van der Waals surface area contributed by atoms with Gasteiger partial charge in [-0.05, 0) is 61.6 Å². The van der Waals surface area contributed by atoms with E-state index in [1.165, 1.54) is 12.1 Å². The zero-order valence-corrected chi connectivity index (χ0v) is 10.2. The van der Waals surface area contributed by atoms with Crippen molar-refractivity contribution in [1.29, 1.82) is 0 Å². The summed E-state index contributed by atoms with van der Waals surface area (Å²) in [5.74, 6) is -0.722. The highest BCUT2D eigenvalue weighted by Crippen LogP contribution is 2.37. The third kappa shape index (κ3) is 3.15. The van der Waals surface area contributed by atoms with Crippen molar-refractivity contribution in [3.05, 3.63) is 47.8 Å². The number of hydrogen-bond donors (Lipinski definition) is 0. The topological polar surface area (TPSA) is 0 Å². The fraction of sp³-hybridized carbons (Fsp3) is 0.467. The Kier molecular flexibility index (Phi) is 4.45. The molecule has 0 spiro atoms. The van der Waals surface area contributed by atoms with Gasteiger partial charge in [-0.25, -0.2) is 13.2 Å². The van der Waals surface area contributed by atoms with Gasteiger partial charge >= 0.3 is 0 Å². The van der Waals surface area contributed by atoms with Crippen LogP contribution in [0.1, 0.15) is 43.6 Å². The maximum absolute atomic E-state index is 13.2. The lowest BCUT2D eigenvalue weighted by molar-refractivity contribution is 0.327. The number of halogens is 3. The van der Waals surface area contributed by atoms with Crippen molar-refractivity contribution in [3.8, 4) is 0 Å². The van der Waals surface area contributed by atoms with Gasteiger partial charge in [-0.3, -0.25) is 0 Å². The minimum absolute atomic E-state index is 0.311. The summed E-state index contributed by atoms with van der Waals surface area (Å²) in [7, 11) is 0. The normalized spacial score (nSPS) is 24.6. The fourth-order valence-corrected chi connectivity index (χ4v) is 2.74. The molecular weight excluding hydrogens is 237 g/mol. The Hall–Kier alpha value is -1.25. The van der Waals surface area contributed by atoms with E-state index in [0.29, 0.717) is 18.2 Å². The van der Waals surface area contributed by atoms with Crippen molar-refractivity contribution in [2.24, 2.45) is 5.92 Å². The Balaban J connectivity index is 1.94. The number of benzene rings is 1. The molecule has 0 atom stereocenters. The van der Waals surface area contributed by atoms with Crippen LogP contribution in [0, 0.1) is 17.6 Å². The minimum atomic E-state index is -0.791. The van der Waals surface area contributed by atoms with Crippen LogP contribution in [0.3, 0.4) is 0 Å². The summed E-state index contributed by atoms with van der Waals surface area (Å²) in [4.78, 5) is 0. The second-order valence-corrected chi connectivity index (χ2v) is 4.99. The molecular formula is C15H17F3. The average Bonchev–Trinajstić information content (AvgIpc) is 2.40. The highest BCUT2D eigenvalue weighted by molar-refractivity contribution is 5.22. The van der Waals surface area contributed by atoms with Crippen LogP contribution in [-0.2, 0) is 0 Å². The van der Waals surface area contributed by atoms with Crippen LogP contribution in [0.25, 0.3) is 0 Å². The Morgan fingerprint density at radius 3 is 2.39 bits per heavy atom. The first-order valence-corrected chi connectivity index (χ1v) is 6.41. The van der Waals surface area contributed by atoms with E-state index < -0.39 is 11.6 Å². The molecule has 0 bridgehead atoms. The molecule has 0 aromatic heterocycles. The van der Waals surface area contributed by atoms with Crippen molar-refractivity contribution in [1.82, 2.24) is 0 Å². The molecule has 0 aliphatic heterocycles. The molecule has 0 nitrogen and oxygen atoms in total. The summed E-state index contributed by atoms with van der Waals surface area (Å²) in [6.45, 7) is 0. The van der Waals surface area contributed by atoms with E-state index in [9.17, 15) is 13.2 Å². The van der Waals surface area contributed by atoms with Gasteiger partial charge in [0.25, 0.3) is 0 Å². The van der Waals surface area contributed by atoms with E-state index in [0.717, 1.165) is 37.7 Å². The standard InChI is InChI=1S/C15H17F3/c16-9-1-2-11-3-5-12(6-4-11)13-7-8-14(17)15(18)10-13/h1,7-12H,2-6H2/t11-,12-. The molecule has 1 fully saturated rings. The van der Waals surface area contributed by atoms with Crippen molar-refractivity contribution in [2.45, 2.75) is 38.0 Å². The second-order valence-electron chi connectivity index (χ2n) is 4.99. The average molecular weight is 254 g/mol. The van der Waals surface area contributed by atoms with Crippen molar-refractivity contribution >= 4 is 0 Å². The molecule has 1 aromatic rings. The minimum Gasteiger partial charge on any atom is -0.216 e. The highest BCUT2D eigenvalue weighted by atomic mass is 19.2. The Labute approximate surface area is 106 Å². The van der Waals surface area contributed by atoms with E-state index in [1.54, 1.807) is 12.1 Å². The second kappa shape index (κ2) is 6.07. The monoisotopic (exact) mass is 254 g/mol. The van der Waals surface area contributed by atoms with Crippen LogP contribution >= 0.6 is 0 Å². The molecule has 1 aliphatic rings. The third-order valence-corrected chi connectivity index (χ3v) is 3.82. The SMILES string of the molecule is FC=CC[C@H]1CC[C@H](c2ccc(F)c(F)c2)CC1. The van der Waals surface area contributed by atoms with Gasteiger partial charge < -0.3 is 0 Å². The lowest BCUT2D eigenvalue weighted by atomic mass is 9.77. The van der Waals surface area contributed by atoms with Crippen LogP contribution in [0.15, 0.2) is 30.6 Å². The molecule has 1 aromatic carbocycles. The first-order chi connectivity index (χ1) is 8.70. The Morgan fingerprint density at radius 1 is 1.06 bits per heavy atom. The van der Waals surface area contributed by atoms with Gasteiger partial charge in [-0.15, -0.1) is 0 Å². The molecule has 0 radical (unpaired) electrons. The van der Waals surface area contributed by atoms with E-state index in [4.69, 9.17) is 0 Å². The lowest BCUT2D eigenvalue weighted by Gasteiger charge is -2.28. The van der Waals surface area contributed by atoms with E-state index >= 15 is 0 Å². The summed E-state index contributed by atoms with van der Waals surface area (Å²) in [6.07, 6.45) is 6.92. The first-order valence-electron chi connectivity index (χ1n) is 6.41. The predicted octanol–water partition coefficient (Wildman–Crippen LogP) is 5.11. The summed E-state index contributed by atoms with van der Waals surface area (Å²) in [5.41, 5.74) is 0.883. The van der Waals surface area contributed by atoms with Gasteiger partial charge in [0.2, 0.25) is 0 Å². The van der Waals surface area contributed by atoms with Gasteiger partial charge in [-0.1, -0.05) is 12.1 Å². The summed E-state index contributed by atoms with van der Waals surface area (Å²) in [5, 5.41) is 0. The molecule has 1 saturated carbocycles. The molecule has 0 heterocycles. The lowest BCUT2D eigenvalue weighted by Crippen LogP contribution is -2.13. The first kappa shape index (κ1) is 13.2. The molecule has 0 N–H and O–H groups in total. The van der Waals surface area contributed by atoms with Gasteiger partial charge in [0.15, 0.2) is 11.6 Å². The predicted molar refractivity (Wildman–Crippen MR) is 65.9 cm³/mol. The van der Waals surface area contributed by atoms with E-state index in [2.05, 4.69) is 0 Å². The Bertz CT molecular complexity index is 418. The van der Waals surface area contributed by atoms with E-state index in [-0.39, 0.29) is 0 Å². The molecule has 3 heteroatoms. The number of rotatable bonds is 3. The maximum Gasteiger partial charge on any atom is 0.159 e. The van der Waals surface area contributed by atoms with Crippen LogP contribution in [0.4, 0.5) is 13.2 Å². The third-order valence-electron chi connectivity index (χ3n) is 3.82. The van der Waals surface area contributed by atoms with Crippen LogP contribution in [0.5, 0.6) is 0 Å². The van der Waals surface area contributed by atoms with Gasteiger partial charge in [-0.2, -0.15) is 0 Å². The molecule has 0 unspecified atom stereocenters. The van der Waals surface area contributed by atoms with E-state index in [1.807, 2.05) is 0 Å². The molecule has 0 saturated heterocycles. The zero-order valence-electron chi connectivity index (χ0n) is 10.2. The maximum atomic E-state index is 13.2. The number of hydrogen-bond acceptors (Lipinski definition) is 0. The summed E-state index contributed by atoms with van der Waals surface area (Å²) in [6, 6.07) is 4.18. The quantitative estimate of drug-likeness (QED) is 0.703. The smallest absolute Gasteiger partial charge is 0.159 e. The summed E-state index contributed by atoms with van der Waals surface area (Å²) < 4.78 is 37.9. The molecule has 98 valence electrons. The zero-order chi connectivity index (χ0) is 13.0. The molecule has 2 rings (SSSR count). The van der Waals surface area contributed by atoms with Crippen LogP contribution in [-0.4, -0.2) is 0 Å². The fourth-order valence-electron chi connectivity index (χ4n) is 2.74. The van der Waals surface area contributed by atoms with Crippen molar-refractivity contribution in [3.63, 3.8) is 0 Å². The largest absolute Gasteiger partial charge is 0.216 e. The van der Waals surface area contributed by atoms with Gasteiger partial charge in [0, 0.05) is 0 Å². The molecule has 0 amide bonds. The van der Waals surface area contributed by atoms with Crippen molar-refractivity contribution in [2.75, 3.05) is 0 Å². The van der Waals surface area contributed by atoms with Gasteiger partial charge in [0.05, 0.1) is 6.33 Å². The van der Waals surface area contributed by atoms with Gasteiger partial charge in [0.1, 0.15) is 0 Å². The Morgan fingerprint density at radius 2 is 1.78 bits per heavy atom. The molecule has 18 heavy (non-hydrogen) atoms. The summed E-state index contributed by atoms with van der Waals surface area (Å²) >= 11 is 0. The van der Waals surface area contributed by atoms with Crippen LogP contribution in [0.2, 0.25) is 0 Å². The number of allylic oxidation sites excluding steroid dienone is 1. The highest BCUT2D eigenvalue weighted by Gasteiger charge is 2.22.